The van der Waals surface area contributed by atoms with Gasteiger partial charge in [-0.25, -0.2) is 14.4 Å². The van der Waals surface area contributed by atoms with Gasteiger partial charge < -0.3 is 15.0 Å². The van der Waals surface area contributed by atoms with Gasteiger partial charge in [-0.15, -0.1) is 0 Å². The maximum atomic E-state index is 13.9. The first-order valence-corrected chi connectivity index (χ1v) is 10.1. The Hall–Kier alpha value is -2.09. The number of anilines is 1. The highest BCUT2D eigenvalue weighted by atomic mass is 19.1. The molecule has 1 unspecified atom stereocenters. The van der Waals surface area contributed by atoms with Crippen LogP contribution in [-0.2, 0) is 17.8 Å². The molecule has 1 atom stereocenters. The zero-order chi connectivity index (χ0) is 19.2. The highest BCUT2D eigenvalue weighted by molar-refractivity contribution is 5.30. The van der Waals surface area contributed by atoms with Crippen LogP contribution in [0.5, 0.6) is 0 Å². The summed E-state index contributed by atoms with van der Waals surface area (Å²) in [5.41, 5.74) is 1.86. The number of rotatable bonds is 6. The van der Waals surface area contributed by atoms with Gasteiger partial charge in [0, 0.05) is 62.3 Å². The van der Waals surface area contributed by atoms with E-state index in [2.05, 4.69) is 25.1 Å². The van der Waals surface area contributed by atoms with E-state index in [4.69, 9.17) is 4.74 Å². The molecular formula is C21H28FN5O. The van der Waals surface area contributed by atoms with E-state index < -0.39 is 0 Å². The molecule has 150 valence electrons. The topological polar surface area (TPSA) is 53.5 Å². The minimum atomic E-state index is -0.116. The van der Waals surface area contributed by atoms with Crippen molar-refractivity contribution in [2.45, 2.75) is 32.0 Å². The van der Waals surface area contributed by atoms with Crippen molar-refractivity contribution in [2.24, 2.45) is 0 Å². The van der Waals surface area contributed by atoms with Crippen molar-refractivity contribution in [3.05, 3.63) is 53.6 Å². The van der Waals surface area contributed by atoms with Crippen molar-refractivity contribution < 1.29 is 9.13 Å². The Morgan fingerprint density at radius 2 is 1.89 bits per heavy atom. The van der Waals surface area contributed by atoms with Crippen molar-refractivity contribution in [1.82, 2.24) is 20.2 Å². The van der Waals surface area contributed by atoms with Crippen LogP contribution in [0.1, 0.15) is 24.0 Å². The number of nitrogens with zero attached hydrogens (tertiary/aromatic N) is 4. The predicted octanol–water partition coefficient (Wildman–Crippen LogP) is 2.21. The summed E-state index contributed by atoms with van der Waals surface area (Å²) in [5.74, 6) is 0.663. The molecule has 0 spiro atoms. The van der Waals surface area contributed by atoms with Gasteiger partial charge in [0.05, 0.1) is 13.2 Å². The first-order valence-electron chi connectivity index (χ1n) is 10.1. The fourth-order valence-electron chi connectivity index (χ4n) is 3.86. The van der Waals surface area contributed by atoms with E-state index >= 15 is 0 Å². The fraction of sp³-hybridized carbons (Fsp3) is 0.524. The van der Waals surface area contributed by atoms with Crippen molar-refractivity contribution in [3.63, 3.8) is 0 Å². The standard InChI is InChI=1S/C21H28FN5O/c22-20-6-2-1-4-18(20)15-26-7-3-5-19(16-26)23-12-17-13-24-21(25-14-17)27-8-10-28-11-9-27/h1-2,4,6,13-14,19,23H,3,5,7-12,15-16H2. The molecule has 4 rings (SSSR count). The molecule has 0 aliphatic carbocycles. The third kappa shape index (κ3) is 5.04. The Morgan fingerprint density at radius 3 is 2.68 bits per heavy atom. The molecule has 0 saturated carbocycles. The number of aromatic nitrogens is 2. The first-order chi connectivity index (χ1) is 13.8. The number of hydrogen-bond donors (Lipinski definition) is 1. The van der Waals surface area contributed by atoms with Crippen LogP contribution in [0, 0.1) is 5.82 Å². The second-order valence-corrected chi connectivity index (χ2v) is 7.54. The number of nitrogens with one attached hydrogen (secondary N) is 1. The summed E-state index contributed by atoms with van der Waals surface area (Å²) in [6.45, 7) is 6.53. The van der Waals surface area contributed by atoms with Crippen LogP contribution >= 0.6 is 0 Å². The monoisotopic (exact) mass is 385 g/mol. The summed E-state index contributed by atoms with van der Waals surface area (Å²) in [6, 6.07) is 7.46. The SMILES string of the molecule is Fc1ccccc1CN1CCCC(NCc2cnc(N3CCOCC3)nc2)C1. The lowest BCUT2D eigenvalue weighted by Crippen LogP contribution is -2.45. The molecule has 0 amide bonds. The molecule has 2 aliphatic rings. The van der Waals surface area contributed by atoms with Gasteiger partial charge in [-0.1, -0.05) is 18.2 Å². The molecule has 6 nitrogen and oxygen atoms in total. The Kier molecular flexibility index (Phi) is 6.46. The number of piperidine rings is 1. The lowest BCUT2D eigenvalue weighted by atomic mass is 10.0. The molecule has 2 aromatic rings. The summed E-state index contributed by atoms with van der Waals surface area (Å²) in [7, 11) is 0. The van der Waals surface area contributed by atoms with Gasteiger partial charge in [0.25, 0.3) is 0 Å². The van der Waals surface area contributed by atoms with Crippen molar-refractivity contribution in [2.75, 3.05) is 44.3 Å². The van der Waals surface area contributed by atoms with Crippen LogP contribution in [0.3, 0.4) is 0 Å². The van der Waals surface area contributed by atoms with E-state index in [-0.39, 0.29) is 5.82 Å². The van der Waals surface area contributed by atoms with E-state index in [1.807, 2.05) is 24.5 Å². The van der Waals surface area contributed by atoms with Crippen LogP contribution in [0.15, 0.2) is 36.7 Å². The summed E-state index contributed by atoms with van der Waals surface area (Å²) in [5, 5.41) is 3.62. The highest BCUT2D eigenvalue weighted by Crippen LogP contribution is 2.16. The second kappa shape index (κ2) is 9.41. The van der Waals surface area contributed by atoms with Gasteiger partial charge in [0.2, 0.25) is 5.95 Å². The van der Waals surface area contributed by atoms with E-state index in [0.29, 0.717) is 12.6 Å². The molecule has 0 bridgehead atoms. The van der Waals surface area contributed by atoms with Crippen LogP contribution < -0.4 is 10.2 Å². The van der Waals surface area contributed by atoms with E-state index in [1.54, 1.807) is 6.07 Å². The van der Waals surface area contributed by atoms with Gasteiger partial charge in [0.15, 0.2) is 0 Å². The summed E-state index contributed by atoms with van der Waals surface area (Å²) >= 11 is 0. The Bertz CT molecular complexity index is 751. The molecule has 3 heterocycles. The van der Waals surface area contributed by atoms with Gasteiger partial charge in [-0.2, -0.15) is 0 Å². The van der Waals surface area contributed by atoms with Gasteiger partial charge in [-0.3, -0.25) is 4.90 Å². The molecule has 2 fully saturated rings. The molecule has 1 aromatic carbocycles. The molecule has 0 radical (unpaired) electrons. The normalized spacial score (nSPS) is 21.0. The maximum absolute atomic E-state index is 13.9. The highest BCUT2D eigenvalue weighted by Gasteiger charge is 2.20. The largest absolute Gasteiger partial charge is 0.378 e. The number of morpholine rings is 1. The van der Waals surface area contributed by atoms with Crippen LogP contribution in [0.25, 0.3) is 0 Å². The lowest BCUT2D eigenvalue weighted by Gasteiger charge is -2.33. The van der Waals surface area contributed by atoms with Crippen molar-refractivity contribution >= 4 is 5.95 Å². The maximum Gasteiger partial charge on any atom is 0.225 e. The number of likely N-dealkylation sites (tertiary alicyclic amines) is 1. The molecule has 2 aliphatic heterocycles. The van der Waals surface area contributed by atoms with Crippen LogP contribution in [0.2, 0.25) is 0 Å². The van der Waals surface area contributed by atoms with Gasteiger partial charge in [0.1, 0.15) is 5.82 Å². The quantitative estimate of drug-likeness (QED) is 0.823. The first kappa shape index (κ1) is 19.2. The fourth-order valence-corrected chi connectivity index (χ4v) is 3.86. The smallest absolute Gasteiger partial charge is 0.225 e. The number of hydrogen-bond acceptors (Lipinski definition) is 6. The molecule has 2 saturated heterocycles. The summed E-state index contributed by atoms with van der Waals surface area (Å²) < 4.78 is 19.3. The zero-order valence-electron chi connectivity index (χ0n) is 16.2. The second-order valence-electron chi connectivity index (χ2n) is 7.54. The van der Waals surface area contributed by atoms with Gasteiger partial charge >= 0.3 is 0 Å². The minimum Gasteiger partial charge on any atom is -0.378 e. The van der Waals surface area contributed by atoms with Crippen LogP contribution in [0.4, 0.5) is 10.3 Å². The Morgan fingerprint density at radius 1 is 1.11 bits per heavy atom. The zero-order valence-corrected chi connectivity index (χ0v) is 16.2. The third-order valence-electron chi connectivity index (χ3n) is 5.44. The van der Waals surface area contributed by atoms with Crippen LogP contribution in [-0.4, -0.2) is 60.3 Å². The van der Waals surface area contributed by atoms with E-state index in [1.165, 1.54) is 6.07 Å². The average Bonchev–Trinajstić information content (AvgIpc) is 2.75. The van der Waals surface area contributed by atoms with E-state index in [0.717, 1.165) is 75.9 Å². The predicted molar refractivity (Wildman–Crippen MR) is 107 cm³/mol. The minimum absolute atomic E-state index is 0.116. The summed E-state index contributed by atoms with van der Waals surface area (Å²) in [4.78, 5) is 13.5. The third-order valence-corrected chi connectivity index (χ3v) is 5.44. The van der Waals surface area contributed by atoms with Crippen molar-refractivity contribution in [1.29, 1.82) is 0 Å². The Labute approximate surface area is 165 Å². The molecule has 1 aromatic heterocycles. The van der Waals surface area contributed by atoms with Crippen molar-refractivity contribution in [3.8, 4) is 0 Å². The van der Waals surface area contributed by atoms with E-state index in [9.17, 15) is 4.39 Å². The Balaban J connectivity index is 1.26. The number of benzene rings is 1. The molecular weight excluding hydrogens is 357 g/mol. The summed E-state index contributed by atoms with van der Waals surface area (Å²) in [6.07, 6.45) is 6.08. The number of ether oxygens (including phenoxy) is 1. The lowest BCUT2D eigenvalue weighted by molar-refractivity contribution is 0.122. The van der Waals surface area contributed by atoms with Gasteiger partial charge in [-0.05, 0) is 25.5 Å². The average molecular weight is 385 g/mol. The number of halogens is 1. The molecule has 1 N–H and O–H groups in total. The molecule has 7 heteroatoms. The molecule has 28 heavy (non-hydrogen) atoms.